The van der Waals surface area contributed by atoms with E-state index in [2.05, 4.69) is 21.8 Å². The largest absolute Gasteiger partial charge is 0.363 e. The van der Waals surface area contributed by atoms with Gasteiger partial charge in [0.1, 0.15) is 5.82 Å². The molecule has 2 saturated heterocycles. The zero-order chi connectivity index (χ0) is 15.7. The number of hydrogen-bond donors (Lipinski definition) is 0. The molecule has 3 heterocycles. The molecule has 0 unspecified atom stereocenters. The van der Waals surface area contributed by atoms with Gasteiger partial charge in [-0.05, 0) is 51.4 Å². The van der Waals surface area contributed by atoms with E-state index in [4.69, 9.17) is 0 Å². The highest BCUT2D eigenvalue weighted by atomic mass is 16.2. The van der Waals surface area contributed by atoms with Crippen molar-refractivity contribution in [3.63, 3.8) is 0 Å². The van der Waals surface area contributed by atoms with Gasteiger partial charge in [0, 0.05) is 38.9 Å². The van der Waals surface area contributed by atoms with Crippen molar-refractivity contribution in [2.45, 2.75) is 37.8 Å². The van der Waals surface area contributed by atoms with Crippen molar-refractivity contribution in [2.75, 3.05) is 39.1 Å². The lowest BCUT2D eigenvalue weighted by atomic mass is 10.0. The predicted molar refractivity (Wildman–Crippen MR) is 88.3 cm³/mol. The highest BCUT2D eigenvalue weighted by Gasteiger charge is 2.38. The molecular formula is C17H26N4O. The number of pyridine rings is 1. The highest BCUT2D eigenvalue weighted by molar-refractivity contribution is 5.94. The average Bonchev–Trinajstić information content (AvgIpc) is 3.14. The summed E-state index contributed by atoms with van der Waals surface area (Å²) in [5.74, 6) is 1.02. The van der Waals surface area contributed by atoms with Gasteiger partial charge in [-0.15, -0.1) is 0 Å². The van der Waals surface area contributed by atoms with Crippen LogP contribution in [0, 0.1) is 0 Å². The van der Waals surface area contributed by atoms with Crippen LogP contribution in [-0.2, 0) is 0 Å². The molecule has 1 aromatic rings. The molecule has 0 radical (unpaired) electrons. The number of likely N-dealkylation sites (tertiary alicyclic amines) is 2. The Morgan fingerprint density at radius 3 is 2.50 bits per heavy atom. The van der Waals surface area contributed by atoms with Crippen molar-refractivity contribution in [3.05, 3.63) is 23.9 Å². The smallest absolute Gasteiger partial charge is 0.255 e. The Balaban J connectivity index is 1.75. The van der Waals surface area contributed by atoms with Crippen LogP contribution in [-0.4, -0.2) is 67.0 Å². The third kappa shape index (κ3) is 2.82. The number of carbonyl (C=O) groups is 1. The Labute approximate surface area is 132 Å². The molecule has 5 heteroatoms. The number of carbonyl (C=O) groups excluding carboxylic acids is 1. The molecule has 2 aliphatic heterocycles. The van der Waals surface area contributed by atoms with Gasteiger partial charge in [0.2, 0.25) is 0 Å². The Kier molecular flexibility index (Phi) is 4.34. The van der Waals surface area contributed by atoms with E-state index in [9.17, 15) is 4.79 Å². The first-order valence-corrected chi connectivity index (χ1v) is 8.22. The normalized spacial score (nSPS) is 25.7. The SMILES string of the molecule is CN(C)c1ccc(C(=O)N2CCC[C@@H]2[C@H]2CCCN2C)cn1. The number of amides is 1. The molecule has 0 aromatic carbocycles. The number of aromatic nitrogens is 1. The molecule has 3 rings (SSSR count). The lowest BCUT2D eigenvalue weighted by molar-refractivity contribution is 0.0664. The maximum Gasteiger partial charge on any atom is 0.255 e. The van der Waals surface area contributed by atoms with E-state index >= 15 is 0 Å². The van der Waals surface area contributed by atoms with Gasteiger partial charge in [0.25, 0.3) is 5.91 Å². The van der Waals surface area contributed by atoms with Gasteiger partial charge in [0.05, 0.1) is 5.56 Å². The minimum Gasteiger partial charge on any atom is -0.363 e. The maximum atomic E-state index is 12.9. The van der Waals surface area contributed by atoms with Crippen molar-refractivity contribution < 1.29 is 4.79 Å². The number of rotatable bonds is 3. The Morgan fingerprint density at radius 1 is 1.18 bits per heavy atom. The number of anilines is 1. The van der Waals surface area contributed by atoms with Gasteiger partial charge >= 0.3 is 0 Å². The molecule has 1 amide bonds. The number of hydrogen-bond acceptors (Lipinski definition) is 4. The van der Waals surface area contributed by atoms with Gasteiger partial charge in [0.15, 0.2) is 0 Å². The summed E-state index contributed by atoms with van der Waals surface area (Å²) < 4.78 is 0. The van der Waals surface area contributed by atoms with Crippen LogP contribution >= 0.6 is 0 Å². The van der Waals surface area contributed by atoms with Crippen LogP contribution in [0.15, 0.2) is 18.3 Å². The third-order valence-electron chi connectivity index (χ3n) is 5.03. The summed E-state index contributed by atoms with van der Waals surface area (Å²) >= 11 is 0. The second-order valence-electron chi connectivity index (χ2n) is 6.70. The summed E-state index contributed by atoms with van der Waals surface area (Å²) in [5.41, 5.74) is 0.707. The zero-order valence-electron chi connectivity index (χ0n) is 13.8. The van der Waals surface area contributed by atoms with E-state index in [0.29, 0.717) is 17.6 Å². The van der Waals surface area contributed by atoms with E-state index in [1.807, 2.05) is 31.1 Å². The van der Waals surface area contributed by atoms with Crippen molar-refractivity contribution >= 4 is 11.7 Å². The second kappa shape index (κ2) is 6.24. The molecule has 1 aromatic heterocycles. The van der Waals surface area contributed by atoms with Gasteiger partial charge in [-0.1, -0.05) is 0 Å². The van der Waals surface area contributed by atoms with Crippen molar-refractivity contribution in [1.29, 1.82) is 0 Å². The fraction of sp³-hybridized carbons (Fsp3) is 0.647. The average molecular weight is 302 g/mol. The summed E-state index contributed by atoms with van der Waals surface area (Å²) in [5, 5.41) is 0. The zero-order valence-corrected chi connectivity index (χ0v) is 13.8. The third-order valence-corrected chi connectivity index (χ3v) is 5.03. The van der Waals surface area contributed by atoms with Crippen LogP contribution in [0.1, 0.15) is 36.0 Å². The first-order chi connectivity index (χ1) is 10.6. The summed E-state index contributed by atoms with van der Waals surface area (Å²) in [4.78, 5) is 23.7. The van der Waals surface area contributed by atoms with Crippen LogP contribution in [0.4, 0.5) is 5.82 Å². The molecule has 5 nitrogen and oxygen atoms in total. The molecule has 0 aliphatic carbocycles. The fourth-order valence-corrected chi connectivity index (χ4v) is 3.81. The first kappa shape index (κ1) is 15.3. The molecule has 22 heavy (non-hydrogen) atoms. The van der Waals surface area contributed by atoms with Crippen LogP contribution in [0.3, 0.4) is 0 Å². The Hall–Kier alpha value is -1.62. The van der Waals surface area contributed by atoms with Crippen LogP contribution in [0.2, 0.25) is 0 Å². The minimum atomic E-state index is 0.139. The van der Waals surface area contributed by atoms with Gasteiger partial charge < -0.3 is 14.7 Å². The second-order valence-corrected chi connectivity index (χ2v) is 6.70. The minimum absolute atomic E-state index is 0.139. The molecule has 2 fully saturated rings. The molecule has 120 valence electrons. The van der Waals surface area contributed by atoms with Crippen LogP contribution < -0.4 is 4.90 Å². The van der Waals surface area contributed by atoms with Crippen LogP contribution in [0.5, 0.6) is 0 Å². The monoisotopic (exact) mass is 302 g/mol. The van der Waals surface area contributed by atoms with Crippen molar-refractivity contribution in [3.8, 4) is 0 Å². The lowest BCUT2D eigenvalue weighted by Gasteiger charge is -2.33. The van der Waals surface area contributed by atoms with Crippen molar-refractivity contribution in [1.82, 2.24) is 14.8 Å². The topological polar surface area (TPSA) is 39.7 Å². The molecule has 2 aliphatic rings. The van der Waals surface area contributed by atoms with E-state index in [1.54, 1.807) is 6.20 Å². The molecule has 0 bridgehead atoms. The van der Waals surface area contributed by atoms with Crippen LogP contribution in [0.25, 0.3) is 0 Å². The number of likely N-dealkylation sites (N-methyl/N-ethyl adjacent to an activating group) is 1. The Morgan fingerprint density at radius 2 is 1.91 bits per heavy atom. The molecule has 0 saturated carbocycles. The van der Waals surface area contributed by atoms with E-state index in [1.165, 1.54) is 12.8 Å². The maximum absolute atomic E-state index is 12.9. The highest BCUT2D eigenvalue weighted by Crippen LogP contribution is 2.30. The van der Waals surface area contributed by atoms with Gasteiger partial charge in [-0.3, -0.25) is 4.79 Å². The molecule has 0 spiro atoms. The first-order valence-electron chi connectivity index (χ1n) is 8.22. The van der Waals surface area contributed by atoms with E-state index < -0.39 is 0 Å². The quantitative estimate of drug-likeness (QED) is 0.854. The summed E-state index contributed by atoms with van der Waals surface area (Å²) in [6.07, 6.45) is 6.42. The lowest BCUT2D eigenvalue weighted by Crippen LogP contribution is -2.47. The predicted octanol–water partition coefficient (Wildman–Crippen LogP) is 1.85. The number of nitrogens with zero attached hydrogens (tertiary/aromatic N) is 4. The molecule has 2 atom stereocenters. The van der Waals surface area contributed by atoms with E-state index in [-0.39, 0.29) is 5.91 Å². The van der Waals surface area contributed by atoms with Crippen molar-refractivity contribution in [2.24, 2.45) is 0 Å². The summed E-state index contributed by atoms with van der Waals surface area (Å²) in [7, 11) is 6.10. The molecular weight excluding hydrogens is 276 g/mol. The Bertz CT molecular complexity index is 528. The van der Waals surface area contributed by atoms with E-state index in [0.717, 1.165) is 31.7 Å². The van der Waals surface area contributed by atoms with Gasteiger partial charge in [-0.2, -0.15) is 0 Å². The molecule has 0 N–H and O–H groups in total. The standard InChI is InChI=1S/C17H26N4O/c1-19(2)16-9-8-13(12-18-16)17(22)21-11-5-7-15(21)14-6-4-10-20(14)3/h8-9,12,14-15H,4-7,10-11H2,1-3H3/t14-,15-/m1/s1. The fourth-order valence-electron chi connectivity index (χ4n) is 3.81. The van der Waals surface area contributed by atoms with Gasteiger partial charge in [-0.25, -0.2) is 4.98 Å². The summed E-state index contributed by atoms with van der Waals surface area (Å²) in [6.45, 7) is 2.03. The summed E-state index contributed by atoms with van der Waals surface area (Å²) in [6, 6.07) is 4.72.